The predicted molar refractivity (Wildman–Crippen MR) is 146 cm³/mol. The Morgan fingerprint density at radius 2 is 1.74 bits per heavy atom. The molecule has 39 heavy (non-hydrogen) atoms. The van der Waals surface area contributed by atoms with Gasteiger partial charge in [-0.05, 0) is 74.6 Å². The van der Waals surface area contributed by atoms with Gasteiger partial charge in [0.05, 0.1) is 34.7 Å². The number of hydrogen-bond donors (Lipinski definition) is 1. The van der Waals surface area contributed by atoms with Crippen LogP contribution in [0.15, 0.2) is 54.7 Å². The molecule has 5 nitrogen and oxygen atoms in total. The van der Waals surface area contributed by atoms with Crippen LogP contribution in [0.2, 0.25) is 5.02 Å². The van der Waals surface area contributed by atoms with Gasteiger partial charge in [-0.3, -0.25) is 14.6 Å². The summed E-state index contributed by atoms with van der Waals surface area (Å²) in [6, 6.07) is 13.7. The third kappa shape index (κ3) is 7.29. The molecule has 3 aromatic rings. The molecule has 1 aliphatic rings. The van der Waals surface area contributed by atoms with Crippen LogP contribution in [0.3, 0.4) is 0 Å². The highest BCUT2D eigenvalue weighted by atomic mass is 35.5. The number of rotatable bonds is 8. The number of fused-ring (bicyclic) bond motifs is 1. The Balaban J connectivity index is 1.63. The zero-order valence-corrected chi connectivity index (χ0v) is 23.1. The number of benzene rings is 2. The van der Waals surface area contributed by atoms with Crippen molar-refractivity contribution in [3.05, 3.63) is 71.0 Å². The molecule has 1 aromatic heterocycles. The maximum Gasteiger partial charge on any atom is 0.392 e. The summed E-state index contributed by atoms with van der Waals surface area (Å²) in [7, 11) is 0. The first-order valence-electron chi connectivity index (χ1n) is 13.0. The molecule has 0 saturated heterocycles. The summed E-state index contributed by atoms with van der Waals surface area (Å²) < 4.78 is 47.2. The second kappa shape index (κ2) is 11.2. The van der Waals surface area contributed by atoms with Crippen LogP contribution in [-0.2, 0) is 14.3 Å². The Morgan fingerprint density at radius 3 is 2.36 bits per heavy atom. The third-order valence-electron chi connectivity index (χ3n) is 6.94. The molecule has 1 unspecified atom stereocenters. The fourth-order valence-corrected chi connectivity index (χ4v) is 4.94. The Morgan fingerprint density at radius 1 is 1.08 bits per heavy atom. The van der Waals surface area contributed by atoms with E-state index in [1.54, 1.807) is 63.2 Å². The topological polar surface area (TPSA) is 68.3 Å². The van der Waals surface area contributed by atoms with Gasteiger partial charge in [0.25, 0.3) is 0 Å². The number of anilines is 1. The molecule has 4 rings (SSSR count). The number of halogens is 4. The van der Waals surface area contributed by atoms with Gasteiger partial charge >= 0.3 is 12.1 Å². The molecule has 1 saturated carbocycles. The van der Waals surface area contributed by atoms with Crippen molar-refractivity contribution in [1.82, 2.24) is 4.98 Å². The lowest BCUT2D eigenvalue weighted by atomic mass is 9.88. The van der Waals surface area contributed by atoms with Gasteiger partial charge in [0.2, 0.25) is 5.91 Å². The van der Waals surface area contributed by atoms with Crippen molar-refractivity contribution in [1.29, 1.82) is 0 Å². The lowest BCUT2D eigenvalue weighted by molar-refractivity contribution is -0.178. The zero-order valence-electron chi connectivity index (χ0n) is 22.3. The van der Waals surface area contributed by atoms with Crippen LogP contribution in [-0.4, -0.2) is 28.6 Å². The molecular weight excluding hydrogens is 529 g/mol. The smallest absolute Gasteiger partial charge is 0.392 e. The van der Waals surface area contributed by atoms with E-state index in [1.807, 2.05) is 0 Å². The molecule has 208 valence electrons. The minimum atomic E-state index is -4.63. The maximum absolute atomic E-state index is 13.9. The average molecular weight is 561 g/mol. The fraction of sp³-hybridized carbons (Fsp3) is 0.433. The molecule has 1 aliphatic carbocycles. The number of nitrogens with zero attached hydrogens (tertiary/aromatic N) is 1. The van der Waals surface area contributed by atoms with E-state index in [-0.39, 0.29) is 40.6 Å². The molecule has 0 spiro atoms. The summed E-state index contributed by atoms with van der Waals surface area (Å²) in [6.07, 6.45) is -1.09. The largest absolute Gasteiger partial charge is 0.460 e. The Bertz CT molecular complexity index is 1370. The Hall–Kier alpha value is -3.13. The average Bonchev–Trinajstić information content (AvgIpc) is 3.68. The minimum absolute atomic E-state index is 0.0177. The summed E-state index contributed by atoms with van der Waals surface area (Å²) in [5.41, 5.74) is 0.358. The van der Waals surface area contributed by atoms with E-state index < -0.39 is 29.5 Å². The van der Waals surface area contributed by atoms with E-state index in [9.17, 15) is 22.8 Å². The number of carbonyl (C=O) groups is 2. The predicted octanol–water partition coefficient (Wildman–Crippen LogP) is 8.03. The van der Waals surface area contributed by atoms with Crippen LogP contribution in [0.25, 0.3) is 10.8 Å². The van der Waals surface area contributed by atoms with Crippen LogP contribution in [0.4, 0.5) is 18.9 Å². The number of nitrogens with one attached hydrogen (secondary N) is 1. The van der Waals surface area contributed by atoms with Crippen LogP contribution in [0, 0.1) is 11.8 Å². The van der Waals surface area contributed by atoms with Gasteiger partial charge in [-0.2, -0.15) is 13.2 Å². The van der Waals surface area contributed by atoms with Crippen LogP contribution < -0.4 is 5.32 Å². The molecule has 1 amide bonds. The quantitative estimate of drug-likeness (QED) is 0.283. The van der Waals surface area contributed by atoms with Gasteiger partial charge in [-0.25, -0.2) is 0 Å². The maximum atomic E-state index is 13.9. The van der Waals surface area contributed by atoms with Gasteiger partial charge < -0.3 is 10.1 Å². The number of esters is 1. The number of ether oxygens (including phenoxy) is 1. The van der Waals surface area contributed by atoms with Crippen LogP contribution in [0.1, 0.15) is 70.1 Å². The molecule has 3 atom stereocenters. The normalized spacial score (nSPS) is 16.4. The number of amides is 1. The number of alkyl halides is 3. The van der Waals surface area contributed by atoms with Crippen molar-refractivity contribution < 1.29 is 27.5 Å². The van der Waals surface area contributed by atoms with E-state index in [2.05, 4.69) is 10.3 Å². The SMILES string of the molecule is C[C@H](C(C(=O)Nc1cc([C@@H](CC(=O)OC(C)(C)C)C2CC2)ccc1Cl)c1cc2ccccc2cn1)C(F)(F)F. The van der Waals surface area contributed by atoms with Crippen LogP contribution in [0.5, 0.6) is 0 Å². The summed E-state index contributed by atoms with van der Waals surface area (Å²) in [6.45, 7) is 6.38. The molecular formula is C30H32ClF3N2O3. The highest BCUT2D eigenvalue weighted by molar-refractivity contribution is 6.33. The molecule has 0 radical (unpaired) electrons. The van der Waals surface area contributed by atoms with Crippen molar-refractivity contribution >= 4 is 39.9 Å². The standard InChI is InChI=1S/C30H32ClF3N2O3/c1-17(30(32,33)34)27(25-13-19-7-5-6-8-21(19)16-35-25)28(38)36-24-14-20(11-12-23(24)31)22(18-9-10-18)15-26(37)39-29(2,3)4/h5-8,11-14,16-18,22,27H,9-10,15H2,1-4H3,(H,36,38)/t17-,22+,27?/m1/s1. The summed E-state index contributed by atoms with van der Waals surface area (Å²) in [5.74, 6) is -4.67. The summed E-state index contributed by atoms with van der Waals surface area (Å²) in [4.78, 5) is 30.3. The lowest BCUT2D eigenvalue weighted by Gasteiger charge is -2.26. The van der Waals surface area contributed by atoms with Crippen molar-refractivity contribution in [3.8, 4) is 0 Å². The Kier molecular flexibility index (Phi) is 8.26. The Labute approximate surface area is 231 Å². The summed E-state index contributed by atoms with van der Waals surface area (Å²) >= 11 is 6.39. The van der Waals surface area contributed by atoms with Crippen molar-refractivity contribution in [2.75, 3.05) is 5.32 Å². The molecule has 9 heteroatoms. The van der Waals surface area contributed by atoms with E-state index in [0.29, 0.717) is 5.39 Å². The van der Waals surface area contributed by atoms with Gasteiger partial charge in [-0.15, -0.1) is 0 Å². The number of pyridine rings is 1. The van der Waals surface area contributed by atoms with Gasteiger partial charge in [0, 0.05) is 11.6 Å². The third-order valence-corrected chi connectivity index (χ3v) is 7.27. The van der Waals surface area contributed by atoms with Crippen molar-refractivity contribution in [2.45, 2.75) is 70.6 Å². The second-order valence-corrected chi connectivity index (χ2v) is 11.6. The van der Waals surface area contributed by atoms with Gasteiger partial charge in [0.1, 0.15) is 5.60 Å². The van der Waals surface area contributed by atoms with E-state index in [0.717, 1.165) is 30.7 Å². The van der Waals surface area contributed by atoms with Crippen molar-refractivity contribution in [3.63, 3.8) is 0 Å². The van der Waals surface area contributed by atoms with E-state index >= 15 is 0 Å². The van der Waals surface area contributed by atoms with Gasteiger partial charge in [0.15, 0.2) is 0 Å². The van der Waals surface area contributed by atoms with Crippen LogP contribution >= 0.6 is 11.6 Å². The second-order valence-electron chi connectivity index (χ2n) is 11.2. The lowest BCUT2D eigenvalue weighted by Crippen LogP contribution is -2.35. The molecule has 1 fully saturated rings. The first-order valence-corrected chi connectivity index (χ1v) is 13.3. The number of hydrogen-bond acceptors (Lipinski definition) is 4. The first-order chi connectivity index (χ1) is 18.2. The molecule has 0 aliphatic heterocycles. The summed E-state index contributed by atoms with van der Waals surface area (Å²) in [5, 5.41) is 4.25. The molecule has 0 bridgehead atoms. The highest BCUT2D eigenvalue weighted by Crippen LogP contribution is 2.46. The van der Waals surface area contributed by atoms with Gasteiger partial charge in [-0.1, -0.05) is 48.9 Å². The fourth-order valence-electron chi connectivity index (χ4n) is 4.77. The highest BCUT2D eigenvalue weighted by Gasteiger charge is 2.46. The minimum Gasteiger partial charge on any atom is -0.460 e. The zero-order chi connectivity index (χ0) is 28.5. The van der Waals surface area contributed by atoms with E-state index in [4.69, 9.17) is 16.3 Å². The molecule has 1 N–H and O–H groups in total. The number of carbonyl (C=O) groups excluding carboxylic acids is 2. The first kappa shape index (κ1) is 28.9. The monoisotopic (exact) mass is 560 g/mol. The number of aromatic nitrogens is 1. The van der Waals surface area contributed by atoms with Crippen molar-refractivity contribution in [2.24, 2.45) is 11.8 Å². The molecule has 1 heterocycles. The van der Waals surface area contributed by atoms with E-state index in [1.165, 1.54) is 12.3 Å². The molecule has 2 aromatic carbocycles.